The first-order valence-corrected chi connectivity index (χ1v) is 3.29. The van der Waals surface area contributed by atoms with E-state index in [1.54, 1.807) is 6.07 Å². The number of benzene rings is 1. The minimum absolute atomic E-state index is 0.586. The van der Waals surface area contributed by atoms with E-state index in [2.05, 4.69) is 11.1 Å². The number of nitrogens with zero attached hydrogens (tertiary/aromatic N) is 1. The standard InChI is InChI=1S/C9H5N2/c10-6-8-5-7-3-1-2-4-9(7)11-8/h1-2,4-5,11H. The number of H-pyrrole nitrogens is 1. The van der Waals surface area contributed by atoms with Crippen molar-refractivity contribution in [2.45, 2.75) is 0 Å². The molecule has 1 aromatic carbocycles. The van der Waals surface area contributed by atoms with Crippen molar-refractivity contribution < 1.29 is 0 Å². The van der Waals surface area contributed by atoms with Crippen molar-refractivity contribution in [1.82, 2.24) is 4.98 Å². The highest BCUT2D eigenvalue weighted by molar-refractivity contribution is 5.80. The molecule has 0 saturated carbocycles. The summed E-state index contributed by atoms with van der Waals surface area (Å²) >= 11 is 0. The molecule has 2 aromatic rings. The summed E-state index contributed by atoms with van der Waals surface area (Å²) in [6.07, 6.45) is 0. The Labute approximate surface area is 64.1 Å². The minimum atomic E-state index is 0.586. The van der Waals surface area contributed by atoms with Crippen molar-refractivity contribution in [2.24, 2.45) is 0 Å². The summed E-state index contributed by atoms with van der Waals surface area (Å²) in [5.74, 6) is 0. The molecule has 1 N–H and O–H groups in total. The van der Waals surface area contributed by atoms with E-state index < -0.39 is 0 Å². The van der Waals surface area contributed by atoms with Gasteiger partial charge in [-0.1, -0.05) is 12.1 Å². The van der Waals surface area contributed by atoms with Crippen molar-refractivity contribution >= 4 is 10.9 Å². The van der Waals surface area contributed by atoms with Gasteiger partial charge in [0.05, 0.1) is 0 Å². The van der Waals surface area contributed by atoms with Crippen LogP contribution in [-0.2, 0) is 0 Å². The Morgan fingerprint density at radius 2 is 2.45 bits per heavy atom. The van der Waals surface area contributed by atoms with Crippen LogP contribution in [0.1, 0.15) is 5.69 Å². The zero-order valence-corrected chi connectivity index (χ0v) is 5.76. The van der Waals surface area contributed by atoms with Gasteiger partial charge in [0.2, 0.25) is 0 Å². The lowest BCUT2D eigenvalue weighted by Crippen LogP contribution is -1.67. The highest BCUT2D eigenvalue weighted by Gasteiger charge is 1.96. The molecule has 11 heavy (non-hydrogen) atoms. The van der Waals surface area contributed by atoms with Gasteiger partial charge in [-0.15, -0.1) is 0 Å². The minimum Gasteiger partial charge on any atom is -0.346 e. The molecule has 0 aliphatic rings. The fraction of sp³-hybridized carbons (Fsp3) is 0. The SMILES string of the molecule is N#Cc1cc2[c]cccc2[nH]1. The van der Waals surface area contributed by atoms with Crippen LogP contribution >= 0.6 is 0 Å². The lowest BCUT2D eigenvalue weighted by Gasteiger charge is -1.82. The Morgan fingerprint density at radius 1 is 1.55 bits per heavy atom. The Morgan fingerprint density at radius 3 is 3.18 bits per heavy atom. The van der Waals surface area contributed by atoms with Gasteiger partial charge in [-0.2, -0.15) is 5.26 Å². The van der Waals surface area contributed by atoms with Gasteiger partial charge in [0, 0.05) is 10.9 Å². The molecule has 2 rings (SSSR count). The normalized spacial score (nSPS) is 9.73. The van der Waals surface area contributed by atoms with Crippen molar-refractivity contribution in [1.29, 1.82) is 5.26 Å². The van der Waals surface area contributed by atoms with Crippen molar-refractivity contribution in [2.75, 3.05) is 0 Å². The van der Waals surface area contributed by atoms with E-state index in [9.17, 15) is 0 Å². The summed E-state index contributed by atoms with van der Waals surface area (Å²) < 4.78 is 0. The maximum atomic E-state index is 8.54. The molecule has 51 valence electrons. The molecule has 0 spiro atoms. The molecule has 1 radical (unpaired) electrons. The molecule has 0 bridgehead atoms. The molecule has 0 fully saturated rings. The van der Waals surface area contributed by atoms with Crippen LogP contribution in [0.5, 0.6) is 0 Å². The monoisotopic (exact) mass is 141 g/mol. The average molecular weight is 141 g/mol. The zero-order valence-electron chi connectivity index (χ0n) is 5.76. The number of hydrogen-bond acceptors (Lipinski definition) is 1. The van der Waals surface area contributed by atoms with Crippen LogP contribution in [0.25, 0.3) is 10.9 Å². The first-order valence-electron chi connectivity index (χ1n) is 3.29. The second-order valence-corrected chi connectivity index (χ2v) is 2.29. The summed E-state index contributed by atoms with van der Waals surface area (Å²) in [7, 11) is 0. The Hall–Kier alpha value is -1.75. The van der Waals surface area contributed by atoms with E-state index in [4.69, 9.17) is 5.26 Å². The predicted molar refractivity (Wildman–Crippen MR) is 41.8 cm³/mol. The fourth-order valence-electron chi connectivity index (χ4n) is 1.06. The van der Waals surface area contributed by atoms with E-state index in [1.807, 2.05) is 24.3 Å². The molecule has 1 heterocycles. The Kier molecular flexibility index (Phi) is 1.16. The summed E-state index contributed by atoms with van der Waals surface area (Å²) in [4.78, 5) is 2.95. The molecule has 2 nitrogen and oxygen atoms in total. The summed E-state index contributed by atoms with van der Waals surface area (Å²) in [6, 6.07) is 12.5. The molecule has 2 heteroatoms. The van der Waals surface area contributed by atoms with Gasteiger partial charge < -0.3 is 4.98 Å². The number of rotatable bonds is 0. The molecular formula is C9H5N2. The molecule has 0 aliphatic heterocycles. The predicted octanol–water partition coefficient (Wildman–Crippen LogP) is 1.84. The fourth-order valence-corrected chi connectivity index (χ4v) is 1.06. The third kappa shape index (κ3) is 0.870. The van der Waals surface area contributed by atoms with Crippen LogP contribution < -0.4 is 0 Å². The van der Waals surface area contributed by atoms with E-state index in [0.717, 1.165) is 10.9 Å². The number of nitrogens with one attached hydrogen (secondary N) is 1. The lowest BCUT2D eigenvalue weighted by molar-refractivity contribution is 1.37. The van der Waals surface area contributed by atoms with Crippen LogP contribution in [0.2, 0.25) is 0 Å². The summed E-state index contributed by atoms with van der Waals surface area (Å²) in [6.45, 7) is 0. The number of aromatic amines is 1. The molecule has 0 amide bonds. The molecule has 0 saturated heterocycles. The molecule has 0 aliphatic carbocycles. The van der Waals surface area contributed by atoms with Gasteiger partial charge in [-0.25, -0.2) is 0 Å². The van der Waals surface area contributed by atoms with Crippen molar-refractivity contribution in [3.8, 4) is 6.07 Å². The first kappa shape index (κ1) is 5.99. The highest BCUT2D eigenvalue weighted by atomic mass is 14.7. The average Bonchev–Trinajstić information content (AvgIpc) is 2.46. The van der Waals surface area contributed by atoms with E-state index >= 15 is 0 Å². The van der Waals surface area contributed by atoms with E-state index in [1.165, 1.54) is 0 Å². The molecule has 1 aromatic heterocycles. The van der Waals surface area contributed by atoms with E-state index in [-0.39, 0.29) is 0 Å². The Balaban J connectivity index is 2.81. The molecule has 0 unspecified atom stereocenters. The van der Waals surface area contributed by atoms with Crippen LogP contribution in [0.3, 0.4) is 0 Å². The van der Waals surface area contributed by atoms with Crippen LogP contribution in [0.4, 0.5) is 0 Å². The molecule has 0 atom stereocenters. The van der Waals surface area contributed by atoms with Crippen LogP contribution in [-0.4, -0.2) is 4.98 Å². The van der Waals surface area contributed by atoms with Crippen molar-refractivity contribution in [3.05, 3.63) is 36.0 Å². The largest absolute Gasteiger partial charge is 0.346 e. The van der Waals surface area contributed by atoms with Crippen LogP contribution in [0, 0.1) is 17.4 Å². The van der Waals surface area contributed by atoms with Gasteiger partial charge >= 0.3 is 0 Å². The third-order valence-electron chi connectivity index (χ3n) is 1.57. The number of nitriles is 1. The van der Waals surface area contributed by atoms with Gasteiger partial charge in [0.25, 0.3) is 0 Å². The summed E-state index contributed by atoms with van der Waals surface area (Å²) in [5.41, 5.74) is 1.55. The lowest BCUT2D eigenvalue weighted by atomic mass is 10.2. The quantitative estimate of drug-likeness (QED) is 0.597. The maximum Gasteiger partial charge on any atom is 0.118 e. The van der Waals surface area contributed by atoms with E-state index in [0.29, 0.717) is 5.69 Å². The van der Waals surface area contributed by atoms with Crippen molar-refractivity contribution in [3.63, 3.8) is 0 Å². The maximum absolute atomic E-state index is 8.54. The van der Waals surface area contributed by atoms with Gasteiger partial charge in [0.1, 0.15) is 11.8 Å². The number of fused-ring (bicyclic) bond motifs is 1. The summed E-state index contributed by atoms with van der Waals surface area (Å²) in [5, 5.41) is 9.51. The smallest absolute Gasteiger partial charge is 0.118 e. The second kappa shape index (κ2) is 2.14. The zero-order chi connectivity index (χ0) is 7.68. The van der Waals surface area contributed by atoms with Gasteiger partial charge in [0.15, 0.2) is 0 Å². The number of hydrogen-bond donors (Lipinski definition) is 1. The second-order valence-electron chi connectivity index (χ2n) is 2.29. The first-order chi connectivity index (χ1) is 5.40. The molecular weight excluding hydrogens is 136 g/mol. The van der Waals surface area contributed by atoms with Crippen LogP contribution in [0.15, 0.2) is 24.3 Å². The van der Waals surface area contributed by atoms with Gasteiger partial charge in [-0.3, -0.25) is 0 Å². The van der Waals surface area contributed by atoms with Gasteiger partial charge in [-0.05, 0) is 18.2 Å². The third-order valence-corrected chi connectivity index (χ3v) is 1.57. The topological polar surface area (TPSA) is 39.6 Å². The highest BCUT2D eigenvalue weighted by Crippen LogP contribution is 2.12. The number of aromatic nitrogens is 1. The Bertz CT molecular complexity index is 387.